The Morgan fingerprint density at radius 2 is 1.55 bits per heavy atom. The van der Waals surface area contributed by atoms with Crippen molar-refractivity contribution in [1.29, 1.82) is 0 Å². The third-order valence-corrected chi connectivity index (χ3v) is 4.89. The number of alkyl halides is 3. The maximum Gasteiger partial charge on any atom is 0.573 e. The molecule has 0 atom stereocenters. The summed E-state index contributed by atoms with van der Waals surface area (Å²) in [5.74, 6) is -0.641. The van der Waals surface area contributed by atoms with Crippen molar-refractivity contribution in [2.24, 2.45) is 0 Å². The highest BCUT2D eigenvalue weighted by molar-refractivity contribution is 6.08. The fraction of sp³-hybridized carbons (Fsp3) is 0.0769. The minimum Gasteiger partial charge on any atom is -0.406 e. The van der Waals surface area contributed by atoms with E-state index >= 15 is 0 Å². The van der Waals surface area contributed by atoms with Crippen molar-refractivity contribution < 1.29 is 22.7 Å². The highest BCUT2D eigenvalue weighted by atomic mass is 19.4. The van der Waals surface area contributed by atoms with Gasteiger partial charge >= 0.3 is 6.36 Å². The van der Waals surface area contributed by atoms with Gasteiger partial charge in [-0.3, -0.25) is 9.78 Å². The molecule has 4 aromatic rings. The molecular weight excluding hydrogens is 429 g/mol. The summed E-state index contributed by atoms with van der Waals surface area (Å²) in [6, 6.07) is 25.6. The number of halogens is 3. The van der Waals surface area contributed by atoms with E-state index in [9.17, 15) is 18.0 Å². The number of hydrogen-bond acceptors (Lipinski definition) is 3. The summed E-state index contributed by atoms with van der Waals surface area (Å²) in [5.41, 5.74) is 4.25. The molecule has 0 bridgehead atoms. The van der Waals surface area contributed by atoms with E-state index in [1.807, 2.05) is 42.5 Å². The number of rotatable bonds is 6. The molecule has 166 valence electrons. The molecule has 1 amide bonds. The Hall–Kier alpha value is -4.13. The zero-order valence-corrected chi connectivity index (χ0v) is 17.3. The van der Waals surface area contributed by atoms with Crippen molar-refractivity contribution in [2.75, 3.05) is 5.32 Å². The lowest BCUT2D eigenvalue weighted by Gasteiger charge is -2.12. The van der Waals surface area contributed by atoms with Gasteiger partial charge in [-0.15, -0.1) is 13.2 Å². The monoisotopic (exact) mass is 448 g/mol. The molecule has 0 spiro atoms. The summed E-state index contributed by atoms with van der Waals surface area (Å²) in [4.78, 5) is 17.3. The Labute approximate surface area is 188 Å². The van der Waals surface area contributed by atoms with Crippen LogP contribution in [0.3, 0.4) is 0 Å². The molecule has 4 rings (SSSR count). The number of pyridine rings is 1. The highest BCUT2D eigenvalue weighted by Gasteiger charge is 2.31. The predicted molar refractivity (Wildman–Crippen MR) is 120 cm³/mol. The van der Waals surface area contributed by atoms with Crippen LogP contribution in [0.25, 0.3) is 11.1 Å². The first kappa shape index (κ1) is 22.1. The average molecular weight is 448 g/mol. The van der Waals surface area contributed by atoms with Crippen LogP contribution in [-0.2, 0) is 6.42 Å². The maximum absolute atomic E-state index is 12.9. The normalized spacial score (nSPS) is 11.1. The average Bonchev–Trinajstić information content (AvgIpc) is 2.80. The minimum atomic E-state index is -4.76. The quantitative estimate of drug-likeness (QED) is 0.367. The molecule has 3 aromatic carbocycles. The van der Waals surface area contributed by atoms with Crippen molar-refractivity contribution in [3.63, 3.8) is 0 Å². The standard InChI is InChI=1S/C26H19F3N2O2/c27-26(28,29)33-22-14-10-19(11-15-22)23-6-1-2-7-24(23)25(32)31-20-12-8-18(9-13-20)17-21-5-3-4-16-30-21/h1-16H,17H2,(H,31,32). The topological polar surface area (TPSA) is 51.2 Å². The summed E-state index contributed by atoms with van der Waals surface area (Å²) >= 11 is 0. The Morgan fingerprint density at radius 3 is 2.21 bits per heavy atom. The third-order valence-electron chi connectivity index (χ3n) is 4.89. The van der Waals surface area contributed by atoms with E-state index in [2.05, 4.69) is 15.0 Å². The summed E-state index contributed by atoms with van der Waals surface area (Å²) < 4.78 is 41.1. The Balaban J connectivity index is 1.48. The third kappa shape index (κ3) is 5.98. The number of ether oxygens (including phenoxy) is 1. The van der Waals surface area contributed by atoms with Crippen LogP contribution in [0.5, 0.6) is 5.75 Å². The predicted octanol–water partition coefficient (Wildman–Crippen LogP) is 6.49. The van der Waals surface area contributed by atoms with Gasteiger partial charge in [-0.1, -0.05) is 48.5 Å². The van der Waals surface area contributed by atoms with Crippen molar-refractivity contribution in [3.8, 4) is 16.9 Å². The van der Waals surface area contributed by atoms with Crippen LogP contribution in [0, 0.1) is 0 Å². The molecule has 0 unspecified atom stereocenters. The molecule has 0 aliphatic heterocycles. The van der Waals surface area contributed by atoms with Gasteiger partial charge in [0, 0.05) is 29.6 Å². The van der Waals surface area contributed by atoms with Gasteiger partial charge < -0.3 is 10.1 Å². The number of anilines is 1. The maximum atomic E-state index is 12.9. The van der Waals surface area contributed by atoms with Gasteiger partial charge in [-0.25, -0.2) is 0 Å². The first-order valence-corrected chi connectivity index (χ1v) is 10.1. The number of hydrogen-bond donors (Lipinski definition) is 1. The summed E-state index contributed by atoms with van der Waals surface area (Å²) in [5, 5.41) is 2.87. The van der Waals surface area contributed by atoms with Crippen molar-refractivity contribution in [1.82, 2.24) is 4.98 Å². The summed E-state index contributed by atoms with van der Waals surface area (Å²) in [6.45, 7) is 0. The van der Waals surface area contributed by atoms with Crippen LogP contribution in [0.1, 0.15) is 21.6 Å². The zero-order chi connectivity index (χ0) is 23.3. The number of nitrogens with zero attached hydrogens (tertiary/aromatic N) is 1. The SMILES string of the molecule is O=C(Nc1ccc(Cc2ccccn2)cc1)c1ccccc1-c1ccc(OC(F)(F)F)cc1. The van der Waals surface area contributed by atoms with Gasteiger partial charge in [-0.05, 0) is 59.2 Å². The van der Waals surface area contributed by atoms with Crippen molar-refractivity contribution >= 4 is 11.6 Å². The molecule has 4 nitrogen and oxygen atoms in total. The molecule has 0 fully saturated rings. The van der Waals surface area contributed by atoms with Crippen molar-refractivity contribution in [3.05, 3.63) is 114 Å². The lowest BCUT2D eigenvalue weighted by atomic mass is 9.99. The lowest BCUT2D eigenvalue weighted by Crippen LogP contribution is -2.17. The largest absolute Gasteiger partial charge is 0.573 e. The molecule has 7 heteroatoms. The lowest BCUT2D eigenvalue weighted by molar-refractivity contribution is -0.274. The first-order valence-electron chi connectivity index (χ1n) is 10.1. The Bertz CT molecular complexity index is 1220. The summed E-state index contributed by atoms with van der Waals surface area (Å²) in [7, 11) is 0. The summed E-state index contributed by atoms with van der Waals surface area (Å²) in [6.07, 6.45) is -2.32. The highest BCUT2D eigenvalue weighted by Crippen LogP contribution is 2.29. The Kier molecular flexibility index (Phi) is 6.40. The van der Waals surface area contributed by atoms with Crippen molar-refractivity contribution in [2.45, 2.75) is 12.8 Å². The zero-order valence-electron chi connectivity index (χ0n) is 17.3. The number of aromatic nitrogens is 1. The molecule has 0 aliphatic rings. The van der Waals surface area contributed by atoms with E-state index in [0.29, 0.717) is 28.8 Å². The molecule has 1 N–H and O–H groups in total. The molecule has 1 aromatic heterocycles. The Morgan fingerprint density at radius 1 is 0.848 bits per heavy atom. The van der Waals surface area contributed by atoms with Gasteiger partial charge in [0.05, 0.1) is 0 Å². The first-order chi connectivity index (χ1) is 15.9. The van der Waals surface area contributed by atoms with Crippen LogP contribution in [0.4, 0.5) is 18.9 Å². The van der Waals surface area contributed by atoms with Crippen LogP contribution in [0.2, 0.25) is 0 Å². The molecular formula is C26H19F3N2O2. The molecule has 0 radical (unpaired) electrons. The number of nitrogens with one attached hydrogen (secondary N) is 1. The second-order valence-corrected chi connectivity index (χ2v) is 7.27. The molecule has 33 heavy (non-hydrogen) atoms. The second kappa shape index (κ2) is 9.56. The van der Waals surface area contributed by atoms with E-state index < -0.39 is 6.36 Å². The molecule has 1 heterocycles. The minimum absolute atomic E-state index is 0.320. The van der Waals surface area contributed by atoms with E-state index in [-0.39, 0.29) is 11.7 Å². The number of carbonyl (C=O) groups excluding carboxylic acids is 1. The van der Waals surface area contributed by atoms with Crippen LogP contribution in [-0.4, -0.2) is 17.3 Å². The second-order valence-electron chi connectivity index (χ2n) is 7.27. The van der Waals surface area contributed by atoms with Gasteiger partial charge in [0.1, 0.15) is 5.75 Å². The van der Waals surface area contributed by atoms with Crippen LogP contribution < -0.4 is 10.1 Å². The fourth-order valence-corrected chi connectivity index (χ4v) is 3.39. The van der Waals surface area contributed by atoms with Crippen LogP contribution in [0.15, 0.2) is 97.2 Å². The molecule has 0 saturated carbocycles. The van der Waals surface area contributed by atoms with E-state index in [1.54, 1.807) is 30.5 Å². The van der Waals surface area contributed by atoms with Gasteiger partial charge in [0.15, 0.2) is 0 Å². The van der Waals surface area contributed by atoms with E-state index in [1.165, 1.54) is 24.3 Å². The molecule has 0 saturated heterocycles. The van der Waals surface area contributed by atoms with E-state index in [4.69, 9.17) is 0 Å². The smallest absolute Gasteiger partial charge is 0.406 e. The number of amides is 1. The number of benzene rings is 3. The molecule has 0 aliphatic carbocycles. The van der Waals surface area contributed by atoms with Gasteiger partial charge in [-0.2, -0.15) is 0 Å². The fourth-order valence-electron chi connectivity index (χ4n) is 3.39. The van der Waals surface area contributed by atoms with E-state index in [0.717, 1.165) is 11.3 Å². The van der Waals surface area contributed by atoms with Gasteiger partial charge in [0.25, 0.3) is 5.91 Å². The van der Waals surface area contributed by atoms with Gasteiger partial charge in [0.2, 0.25) is 0 Å². The van der Waals surface area contributed by atoms with Crippen LogP contribution >= 0.6 is 0 Å². The number of carbonyl (C=O) groups is 1.